The Morgan fingerprint density at radius 3 is 2.54 bits per heavy atom. The predicted molar refractivity (Wildman–Crippen MR) is 93.1 cm³/mol. The first-order chi connectivity index (χ1) is 13.1. The highest BCUT2D eigenvalue weighted by molar-refractivity contribution is 7.89. The highest BCUT2D eigenvalue weighted by atomic mass is 32.2. The van der Waals surface area contributed by atoms with E-state index < -0.39 is 39.6 Å². The lowest BCUT2D eigenvalue weighted by Gasteiger charge is -2.38. The molecule has 2 N–H and O–H groups in total. The Morgan fingerprint density at radius 1 is 1.18 bits per heavy atom. The van der Waals surface area contributed by atoms with Gasteiger partial charge in [0.1, 0.15) is 11.9 Å². The monoisotopic (exact) mass is 416 g/mol. The zero-order chi connectivity index (χ0) is 20.2. The highest BCUT2D eigenvalue weighted by Crippen LogP contribution is 2.34. The van der Waals surface area contributed by atoms with Crippen molar-refractivity contribution in [2.75, 3.05) is 12.9 Å². The molecule has 0 unspecified atom stereocenters. The molecule has 7 nitrogen and oxygen atoms in total. The molecule has 1 fully saturated rings. The molecule has 2 aliphatic heterocycles. The van der Waals surface area contributed by atoms with Gasteiger partial charge in [0.15, 0.2) is 11.6 Å². The fraction of sp³-hybridized carbons (Fsp3) is 0.471. The van der Waals surface area contributed by atoms with E-state index in [1.54, 1.807) is 0 Å². The van der Waals surface area contributed by atoms with E-state index in [-0.39, 0.29) is 18.2 Å². The average molecular weight is 416 g/mol. The van der Waals surface area contributed by atoms with Crippen molar-refractivity contribution in [2.45, 2.75) is 37.7 Å². The summed E-state index contributed by atoms with van der Waals surface area (Å²) in [6, 6.07) is 0.587. The van der Waals surface area contributed by atoms with Gasteiger partial charge in [0.2, 0.25) is 0 Å². The van der Waals surface area contributed by atoms with Gasteiger partial charge in [-0.25, -0.2) is 21.6 Å². The number of fused-ring (bicyclic) bond motifs is 1. The maximum atomic E-state index is 14.0. The molecule has 2 aliphatic rings. The number of aromatic nitrogens is 2. The third kappa shape index (κ3) is 3.43. The van der Waals surface area contributed by atoms with E-state index in [0.29, 0.717) is 31.3 Å². The molecule has 1 aromatic carbocycles. The molecule has 4 rings (SSSR count). The molecular weight excluding hydrogens is 397 g/mol. The minimum atomic E-state index is -3.43. The Kier molecular flexibility index (Phi) is 4.73. The van der Waals surface area contributed by atoms with Crippen LogP contribution in [0.2, 0.25) is 0 Å². The van der Waals surface area contributed by atoms with Crippen LogP contribution in [0.25, 0.3) is 0 Å². The summed E-state index contributed by atoms with van der Waals surface area (Å²) < 4.78 is 70.5. The summed E-state index contributed by atoms with van der Waals surface area (Å²) >= 11 is 0. The molecule has 2 aromatic rings. The molecule has 0 saturated carbocycles. The summed E-state index contributed by atoms with van der Waals surface area (Å²) in [6.07, 6.45) is 2.16. The molecule has 0 aliphatic carbocycles. The first kappa shape index (κ1) is 19.4. The van der Waals surface area contributed by atoms with Crippen molar-refractivity contribution in [3.05, 3.63) is 52.6 Å². The Labute approximate surface area is 159 Å². The molecule has 1 saturated heterocycles. The second-order valence-electron chi connectivity index (χ2n) is 7.24. The van der Waals surface area contributed by atoms with E-state index in [2.05, 4.69) is 10.00 Å². The van der Waals surface area contributed by atoms with Crippen LogP contribution in [-0.2, 0) is 27.8 Å². The minimum Gasteiger partial charge on any atom is -0.370 e. The molecule has 0 spiro atoms. The van der Waals surface area contributed by atoms with Crippen LogP contribution in [0.15, 0.2) is 18.3 Å². The first-order valence-corrected chi connectivity index (χ1v) is 10.5. The van der Waals surface area contributed by atoms with Gasteiger partial charge in [-0.05, 0) is 12.5 Å². The van der Waals surface area contributed by atoms with E-state index in [1.165, 1.54) is 6.20 Å². The third-order valence-corrected chi connectivity index (χ3v) is 6.05. The quantitative estimate of drug-likeness (QED) is 0.759. The van der Waals surface area contributed by atoms with Crippen LogP contribution >= 0.6 is 0 Å². The number of ether oxygens (including phenoxy) is 1. The molecular formula is C17H19F3N4O3S. The van der Waals surface area contributed by atoms with Crippen LogP contribution in [0.4, 0.5) is 13.2 Å². The van der Waals surface area contributed by atoms with Crippen molar-refractivity contribution in [1.29, 1.82) is 0 Å². The fourth-order valence-corrected chi connectivity index (χ4v) is 4.32. The molecule has 3 atom stereocenters. The van der Waals surface area contributed by atoms with Crippen LogP contribution in [0.5, 0.6) is 0 Å². The lowest BCUT2D eigenvalue weighted by molar-refractivity contribution is -0.0533. The van der Waals surface area contributed by atoms with E-state index in [1.807, 2.05) is 0 Å². The highest BCUT2D eigenvalue weighted by Gasteiger charge is 2.37. The standard InChI is InChI=1S/C17H19F3N4O3S/c1-28(25,26)24-6-9-5-23(7-16(9)22-24)10-2-15(21)17(27-8-10)11-3-13(19)14(20)4-12(11)18/h3-4,6,10,15,17H,2,5,7-8,21H2,1H3/t10-,15+,17-/m1/s1. The van der Waals surface area contributed by atoms with Gasteiger partial charge in [-0.15, -0.1) is 0 Å². The van der Waals surface area contributed by atoms with Crippen molar-refractivity contribution in [3.8, 4) is 0 Å². The maximum Gasteiger partial charge on any atom is 0.250 e. The molecule has 152 valence electrons. The molecule has 3 heterocycles. The third-order valence-electron chi connectivity index (χ3n) is 5.19. The molecule has 0 bridgehead atoms. The van der Waals surface area contributed by atoms with Crippen molar-refractivity contribution in [3.63, 3.8) is 0 Å². The SMILES string of the molecule is CS(=O)(=O)n1cc2c(n1)CN([C@H]1CO[C@H](c3cc(F)c(F)cc3F)[C@@H](N)C1)C2. The van der Waals surface area contributed by atoms with E-state index in [4.69, 9.17) is 10.5 Å². The van der Waals surface area contributed by atoms with Gasteiger partial charge in [-0.2, -0.15) is 9.19 Å². The summed E-state index contributed by atoms with van der Waals surface area (Å²) in [4.78, 5) is 2.06. The normalized spacial score (nSPS) is 25.8. The van der Waals surface area contributed by atoms with Crippen LogP contribution < -0.4 is 5.73 Å². The Hall–Kier alpha value is -1.95. The second kappa shape index (κ2) is 6.83. The van der Waals surface area contributed by atoms with E-state index >= 15 is 0 Å². The van der Waals surface area contributed by atoms with Crippen LogP contribution in [0.1, 0.15) is 29.3 Å². The molecule has 0 radical (unpaired) electrons. The minimum absolute atomic E-state index is 0.0829. The zero-order valence-corrected chi connectivity index (χ0v) is 15.8. The Bertz CT molecular complexity index is 1000. The summed E-state index contributed by atoms with van der Waals surface area (Å²) in [5, 5.41) is 4.11. The van der Waals surface area contributed by atoms with Crippen LogP contribution in [0, 0.1) is 17.5 Å². The molecule has 0 amide bonds. The summed E-state index contributed by atoms with van der Waals surface area (Å²) in [5.41, 5.74) is 7.54. The largest absolute Gasteiger partial charge is 0.370 e. The van der Waals surface area contributed by atoms with Crippen LogP contribution in [-0.4, -0.2) is 47.4 Å². The number of nitrogens with two attached hydrogens (primary N) is 1. The number of hydrogen-bond donors (Lipinski definition) is 1. The molecule has 1 aromatic heterocycles. The molecule has 11 heteroatoms. The summed E-state index contributed by atoms with van der Waals surface area (Å²) in [7, 11) is -3.43. The van der Waals surface area contributed by atoms with Gasteiger partial charge in [0.05, 0.1) is 18.6 Å². The number of benzene rings is 1. The van der Waals surface area contributed by atoms with Gasteiger partial charge < -0.3 is 10.5 Å². The Morgan fingerprint density at radius 2 is 1.89 bits per heavy atom. The first-order valence-electron chi connectivity index (χ1n) is 8.67. The average Bonchev–Trinajstić information content (AvgIpc) is 3.17. The smallest absolute Gasteiger partial charge is 0.250 e. The zero-order valence-electron chi connectivity index (χ0n) is 15.0. The fourth-order valence-electron chi connectivity index (χ4n) is 3.76. The van der Waals surface area contributed by atoms with Gasteiger partial charge in [0, 0.05) is 48.6 Å². The van der Waals surface area contributed by atoms with Gasteiger partial charge >= 0.3 is 0 Å². The van der Waals surface area contributed by atoms with Gasteiger partial charge in [0.25, 0.3) is 10.0 Å². The lowest BCUT2D eigenvalue weighted by Crippen LogP contribution is -2.47. The second-order valence-corrected chi connectivity index (χ2v) is 9.08. The van der Waals surface area contributed by atoms with Crippen LogP contribution in [0.3, 0.4) is 0 Å². The van der Waals surface area contributed by atoms with Crippen molar-refractivity contribution < 1.29 is 26.3 Å². The number of halogens is 3. The van der Waals surface area contributed by atoms with Gasteiger partial charge in [-0.3, -0.25) is 4.90 Å². The van der Waals surface area contributed by atoms with E-state index in [0.717, 1.165) is 22.0 Å². The summed E-state index contributed by atoms with van der Waals surface area (Å²) in [6.45, 7) is 1.17. The molecule has 28 heavy (non-hydrogen) atoms. The van der Waals surface area contributed by atoms with Gasteiger partial charge in [-0.1, -0.05) is 0 Å². The number of nitrogens with zero attached hydrogens (tertiary/aromatic N) is 3. The van der Waals surface area contributed by atoms with Crippen molar-refractivity contribution >= 4 is 10.0 Å². The van der Waals surface area contributed by atoms with Crippen molar-refractivity contribution in [2.24, 2.45) is 5.73 Å². The topological polar surface area (TPSA) is 90.5 Å². The lowest BCUT2D eigenvalue weighted by atomic mass is 9.93. The number of rotatable bonds is 3. The van der Waals surface area contributed by atoms with E-state index in [9.17, 15) is 21.6 Å². The number of hydrogen-bond acceptors (Lipinski definition) is 6. The predicted octanol–water partition coefficient (Wildman–Crippen LogP) is 1.28. The summed E-state index contributed by atoms with van der Waals surface area (Å²) in [5.74, 6) is -3.31. The maximum absolute atomic E-state index is 14.0. The van der Waals surface area contributed by atoms with Crippen molar-refractivity contribution in [1.82, 2.24) is 14.1 Å². The Balaban J connectivity index is 1.45.